The van der Waals surface area contributed by atoms with Crippen LogP contribution in [0.2, 0.25) is 0 Å². The fourth-order valence-electron chi connectivity index (χ4n) is 1.98. The largest absolute Gasteiger partial charge is 0.385 e. The van der Waals surface area contributed by atoms with Gasteiger partial charge in [0.25, 0.3) is 0 Å². The van der Waals surface area contributed by atoms with Crippen LogP contribution < -0.4 is 5.32 Å². The van der Waals surface area contributed by atoms with E-state index in [4.69, 9.17) is 4.74 Å². The second-order valence-electron chi connectivity index (χ2n) is 4.30. The number of hydrogen-bond donors (Lipinski definition) is 1. The Hall–Kier alpha value is -0.940. The molecule has 1 aromatic heterocycles. The Morgan fingerprint density at radius 3 is 2.94 bits per heavy atom. The minimum atomic E-state index is 0.695. The average molecular weight is 224 g/mol. The maximum absolute atomic E-state index is 5.06. The summed E-state index contributed by atoms with van der Waals surface area (Å²) in [7, 11) is 3.68. The van der Waals surface area contributed by atoms with E-state index >= 15 is 0 Å². The Morgan fingerprint density at radius 2 is 2.31 bits per heavy atom. The van der Waals surface area contributed by atoms with E-state index in [1.54, 1.807) is 7.11 Å². The van der Waals surface area contributed by atoms with Crippen molar-refractivity contribution in [2.24, 2.45) is 0 Å². The van der Waals surface area contributed by atoms with E-state index in [1.165, 1.54) is 18.5 Å². The van der Waals surface area contributed by atoms with Gasteiger partial charge >= 0.3 is 0 Å². The van der Waals surface area contributed by atoms with Crippen LogP contribution in [0.4, 0.5) is 0 Å². The topological polar surface area (TPSA) is 52.0 Å². The Balaban J connectivity index is 2.04. The van der Waals surface area contributed by atoms with E-state index in [1.807, 2.05) is 7.05 Å². The normalized spacial score (nSPS) is 15.6. The van der Waals surface area contributed by atoms with Crippen LogP contribution in [0.5, 0.6) is 0 Å². The van der Waals surface area contributed by atoms with Crippen LogP contribution in [0.3, 0.4) is 0 Å². The van der Waals surface area contributed by atoms with Gasteiger partial charge in [0.2, 0.25) is 0 Å². The molecule has 0 atom stereocenters. The predicted molar refractivity (Wildman–Crippen MR) is 61.3 cm³/mol. The molecule has 1 aliphatic rings. The minimum Gasteiger partial charge on any atom is -0.385 e. The zero-order chi connectivity index (χ0) is 11.4. The predicted octanol–water partition coefficient (Wildman–Crippen LogP) is 0.911. The lowest BCUT2D eigenvalue weighted by Gasteiger charge is -2.06. The molecule has 0 bridgehead atoms. The second-order valence-corrected chi connectivity index (χ2v) is 4.30. The molecule has 0 spiro atoms. The van der Waals surface area contributed by atoms with Crippen molar-refractivity contribution in [2.45, 2.75) is 38.3 Å². The summed E-state index contributed by atoms with van der Waals surface area (Å²) in [5.74, 6) is 0.695. The van der Waals surface area contributed by atoms with Crippen molar-refractivity contribution < 1.29 is 4.74 Å². The first-order chi connectivity index (χ1) is 7.86. The third-order valence-corrected chi connectivity index (χ3v) is 2.87. The van der Waals surface area contributed by atoms with Crippen LogP contribution in [0.15, 0.2) is 0 Å². The van der Waals surface area contributed by atoms with E-state index < -0.39 is 0 Å². The molecular weight excluding hydrogens is 204 g/mol. The minimum absolute atomic E-state index is 0.695. The first-order valence-electron chi connectivity index (χ1n) is 5.92. The van der Waals surface area contributed by atoms with Gasteiger partial charge in [-0.25, -0.2) is 4.68 Å². The molecule has 16 heavy (non-hydrogen) atoms. The van der Waals surface area contributed by atoms with Crippen LogP contribution in [0.25, 0.3) is 0 Å². The van der Waals surface area contributed by atoms with Crippen LogP contribution in [-0.4, -0.2) is 35.8 Å². The maximum Gasteiger partial charge on any atom is 0.0999 e. The Labute approximate surface area is 96.2 Å². The zero-order valence-corrected chi connectivity index (χ0v) is 10.1. The molecule has 1 N–H and O–H groups in total. The third kappa shape index (κ3) is 2.59. The van der Waals surface area contributed by atoms with Crippen LogP contribution in [0.1, 0.15) is 36.6 Å². The lowest BCUT2D eigenvalue weighted by molar-refractivity contribution is 0.188. The van der Waals surface area contributed by atoms with Gasteiger partial charge in [0.05, 0.1) is 11.4 Å². The molecule has 5 nitrogen and oxygen atoms in total. The summed E-state index contributed by atoms with van der Waals surface area (Å²) in [5.41, 5.74) is 2.45. The van der Waals surface area contributed by atoms with Crippen molar-refractivity contribution in [2.75, 3.05) is 20.8 Å². The first-order valence-corrected chi connectivity index (χ1v) is 5.92. The standard InChI is InChI=1S/C11H20N4O/c1-12-8-10-11(9-4-5-9)15(14-13-10)6-3-7-16-2/h9,12H,3-8H2,1-2H3. The number of nitrogens with one attached hydrogen (secondary N) is 1. The molecule has 0 saturated heterocycles. The van der Waals surface area contributed by atoms with Gasteiger partial charge in [-0.3, -0.25) is 0 Å². The number of nitrogens with zero attached hydrogens (tertiary/aromatic N) is 3. The molecule has 0 aromatic carbocycles. The summed E-state index contributed by atoms with van der Waals surface area (Å²) < 4.78 is 7.12. The molecule has 0 aliphatic heterocycles. The van der Waals surface area contributed by atoms with Crippen LogP contribution in [0, 0.1) is 0 Å². The van der Waals surface area contributed by atoms with E-state index in [0.717, 1.165) is 31.8 Å². The Kier molecular flexibility index (Phi) is 3.90. The lowest BCUT2D eigenvalue weighted by atomic mass is 10.2. The van der Waals surface area contributed by atoms with Gasteiger partial charge in [0.15, 0.2) is 0 Å². The molecule has 0 unspecified atom stereocenters. The van der Waals surface area contributed by atoms with E-state index in [2.05, 4.69) is 20.3 Å². The molecule has 1 saturated carbocycles. The molecule has 2 rings (SSSR count). The third-order valence-electron chi connectivity index (χ3n) is 2.87. The summed E-state index contributed by atoms with van der Waals surface area (Å²) in [6.07, 6.45) is 3.57. The van der Waals surface area contributed by atoms with Crippen molar-refractivity contribution in [3.8, 4) is 0 Å². The summed E-state index contributed by atoms with van der Waals surface area (Å²) >= 11 is 0. The highest BCUT2D eigenvalue weighted by molar-refractivity contribution is 5.20. The van der Waals surface area contributed by atoms with E-state index in [9.17, 15) is 0 Å². The van der Waals surface area contributed by atoms with Gasteiger partial charge in [-0.2, -0.15) is 0 Å². The smallest absolute Gasteiger partial charge is 0.0999 e. The van der Waals surface area contributed by atoms with Crippen molar-refractivity contribution in [3.63, 3.8) is 0 Å². The zero-order valence-electron chi connectivity index (χ0n) is 10.1. The van der Waals surface area contributed by atoms with E-state index in [-0.39, 0.29) is 0 Å². The highest BCUT2D eigenvalue weighted by Gasteiger charge is 2.30. The van der Waals surface area contributed by atoms with Crippen LogP contribution >= 0.6 is 0 Å². The second kappa shape index (κ2) is 5.41. The SMILES string of the molecule is CNCc1nnn(CCCOC)c1C1CC1. The number of methoxy groups -OCH3 is 1. The molecule has 1 aromatic rings. The summed E-state index contributed by atoms with van der Waals surface area (Å²) in [6, 6.07) is 0. The fourth-order valence-corrected chi connectivity index (χ4v) is 1.98. The number of aryl methyl sites for hydroxylation is 1. The lowest BCUT2D eigenvalue weighted by Crippen LogP contribution is -2.10. The summed E-state index contributed by atoms with van der Waals surface area (Å²) in [5, 5.41) is 11.6. The maximum atomic E-state index is 5.06. The van der Waals surface area contributed by atoms with Gasteiger partial charge in [-0.15, -0.1) is 5.10 Å². The van der Waals surface area contributed by atoms with E-state index in [0.29, 0.717) is 5.92 Å². The Bertz CT molecular complexity index is 333. The van der Waals surface area contributed by atoms with Gasteiger partial charge in [0, 0.05) is 32.7 Å². The quantitative estimate of drug-likeness (QED) is 0.699. The number of rotatable bonds is 7. The van der Waals surface area contributed by atoms with Gasteiger partial charge in [0.1, 0.15) is 0 Å². The fraction of sp³-hybridized carbons (Fsp3) is 0.818. The molecule has 1 aliphatic carbocycles. The molecule has 0 amide bonds. The van der Waals surface area contributed by atoms with Crippen LogP contribution in [-0.2, 0) is 17.8 Å². The van der Waals surface area contributed by atoms with Crippen molar-refractivity contribution >= 4 is 0 Å². The number of ether oxygens (including phenoxy) is 1. The van der Waals surface area contributed by atoms with Gasteiger partial charge in [-0.05, 0) is 26.3 Å². The average Bonchev–Trinajstić information content (AvgIpc) is 3.04. The molecule has 5 heteroatoms. The highest BCUT2D eigenvalue weighted by atomic mass is 16.5. The van der Waals surface area contributed by atoms with Crippen molar-refractivity contribution in [1.29, 1.82) is 0 Å². The van der Waals surface area contributed by atoms with Gasteiger partial charge < -0.3 is 10.1 Å². The summed E-state index contributed by atoms with van der Waals surface area (Å²) in [4.78, 5) is 0. The number of aromatic nitrogens is 3. The van der Waals surface area contributed by atoms with Crippen molar-refractivity contribution in [3.05, 3.63) is 11.4 Å². The molecule has 0 radical (unpaired) electrons. The number of hydrogen-bond acceptors (Lipinski definition) is 4. The monoisotopic (exact) mass is 224 g/mol. The first kappa shape index (κ1) is 11.5. The molecule has 1 heterocycles. The van der Waals surface area contributed by atoms with Crippen molar-refractivity contribution in [1.82, 2.24) is 20.3 Å². The highest BCUT2D eigenvalue weighted by Crippen LogP contribution is 2.41. The Morgan fingerprint density at radius 1 is 1.50 bits per heavy atom. The molecule has 1 fully saturated rings. The molecular formula is C11H20N4O. The molecule has 90 valence electrons. The van der Waals surface area contributed by atoms with Gasteiger partial charge in [-0.1, -0.05) is 5.21 Å². The summed E-state index contributed by atoms with van der Waals surface area (Å²) in [6.45, 7) is 2.51.